The van der Waals surface area contributed by atoms with Crippen LogP contribution in [-0.4, -0.2) is 51.2 Å². The second-order valence-electron chi connectivity index (χ2n) is 9.14. The lowest BCUT2D eigenvalue weighted by atomic mass is 9.87. The van der Waals surface area contributed by atoms with E-state index in [0.29, 0.717) is 30.5 Å². The molecule has 0 saturated carbocycles. The molecule has 1 amide bonds. The number of aliphatic hydroxyl groups is 1. The van der Waals surface area contributed by atoms with Crippen LogP contribution in [0.4, 0.5) is 8.78 Å². The quantitative estimate of drug-likeness (QED) is 0.797. The van der Waals surface area contributed by atoms with E-state index in [-0.39, 0.29) is 23.6 Å². The molecular formula is C22H30F2N4O2. The van der Waals surface area contributed by atoms with Crippen molar-refractivity contribution >= 4 is 5.91 Å². The number of carbonyl (C=O) groups excluding carboxylic acids is 1. The number of aliphatic hydroxyl groups excluding tert-OH is 1. The lowest BCUT2D eigenvalue weighted by Crippen LogP contribution is -2.46. The third kappa shape index (κ3) is 4.39. The predicted octanol–water partition coefficient (Wildman–Crippen LogP) is 3.19. The van der Waals surface area contributed by atoms with E-state index in [9.17, 15) is 18.7 Å². The zero-order chi connectivity index (χ0) is 22.2. The lowest BCUT2D eigenvalue weighted by Gasteiger charge is -2.29. The van der Waals surface area contributed by atoms with Gasteiger partial charge >= 0.3 is 0 Å². The Morgan fingerprint density at radius 1 is 1.33 bits per heavy atom. The fraction of sp³-hybridized carbons (Fsp3) is 0.545. The SMILES string of the molecule is CC1CCn2c(-c3ccc(F)c(F)c3)nc(C(=O)N[C@H](CO)C(C)(C)C)c2CN1C. The third-order valence-electron chi connectivity index (χ3n) is 5.92. The molecule has 0 spiro atoms. The Morgan fingerprint density at radius 3 is 2.63 bits per heavy atom. The minimum absolute atomic E-state index is 0.196. The van der Waals surface area contributed by atoms with Gasteiger partial charge in [0, 0.05) is 24.7 Å². The van der Waals surface area contributed by atoms with Gasteiger partial charge < -0.3 is 15.0 Å². The Kier molecular flexibility index (Phi) is 6.29. The van der Waals surface area contributed by atoms with Gasteiger partial charge in [-0.2, -0.15) is 0 Å². The third-order valence-corrected chi connectivity index (χ3v) is 5.92. The second-order valence-corrected chi connectivity index (χ2v) is 9.14. The molecule has 0 saturated heterocycles. The largest absolute Gasteiger partial charge is 0.394 e. The van der Waals surface area contributed by atoms with E-state index in [1.54, 1.807) is 0 Å². The zero-order valence-electron chi connectivity index (χ0n) is 18.2. The first-order valence-corrected chi connectivity index (χ1v) is 10.2. The van der Waals surface area contributed by atoms with Crippen molar-refractivity contribution in [2.45, 2.75) is 59.3 Å². The van der Waals surface area contributed by atoms with Crippen LogP contribution in [0.5, 0.6) is 0 Å². The Bertz CT molecular complexity index is 936. The van der Waals surface area contributed by atoms with Crippen LogP contribution in [-0.2, 0) is 13.1 Å². The van der Waals surface area contributed by atoms with Crippen LogP contribution < -0.4 is 5.32 Å². The number of benzene rings is 1. The number of carbonyl (C=O) groups is 1. The van der Waals surface area contributed by atoms with Gasteiger partial charge in [0.15, 0.2) is 17.3 Å². The van der Waals surface area contributed by atoms with Gasteiger partial charge in [-0.05, 0) is 44.0 Å². The smallest absolute Gasteiger partial charge is 0.272 e. The molecule has 2 aromatic rings. The molecule has 0 aliphatic carbocycles. The Balaban J connectivity index is 2.08. The highest BCUT2D eigenvalue weighted by molar-refractivity contribution is 5.94. The van der Waals surface area contributed by atoms with Crippen molar-refractivity contribution in [3.05, 3.63) is 41.2 Å². The van der Waals surface area contributed by atoms with Crippen LogP contribution in [0, 0.1) is 17.0 Å². The molecule has 2 heterocycles. The highest BCUT2D eigenvalue weighted by atomic mass is 19.2. The topological polar surface area (TPSA) is 70.4 Å². The summed E-state index contributed by atoms with van der Waals surface area (Å²) < 4.78 is 29.3. The molecule has 164 valence electrons. The number of nitrogens with zero attached hydrogens (tertiary/aromatic N) is 3. The highest BCUT2D eigenvalue weighted by Crippen LogP contribution is 2.29. The fourth-order valence-corrected chi connectivity index (χ4v) is 3.62. The maximum absolute atomic E-state index is 13.9. The van der Waals surface area contributed by atoms with Crippen LogP contribution in [0.2, 0.25) is 0 Å². The van der Waals surface area contributed by atoms with Gasteiger partial charge in [-0.15, -0.1) is 0 Å². The Morgan fingerprint density at radius 2 is 2.03 bits per heavy atom. The number of aromatic nitrogens is 2. The maximum atomic E-state index is 13.9. The van der Waals surface area contributed by atoms with Crippen molar-refractivity contribution in [2.75, 3.05) is 13.7 Å². The zero-order valence-corrected chi connectivity index (χ0v) is 18.2. The van der Waals surface area contributed by atoms with Crippen molar-refractivity contribution in [1.29, 1.82) is 0 Å². The Labute approximate surface area is 175 Å². The fourth-order valence-electron chi connectivity index (χ4n) is 3.62. The molecule has 0 fully saturated rings. The van der Waals surface area contributed by atoms with Crippen molar-refractivity contribution in [2.24, 2.45) is 5.41 Å². The number of halogens is 2. The molecule has 3 rings (SSSR count). The minimum Gasteiger partial charge on any atom is -0.394 e. The minimum atomic E-state index is -0.956. The first kappa shape index (κ1) is 22.4. The van der Waals surface area contributed by atoms with Crippen LogP contribution in [0.15, 0.2) is 18.2 Å². The van der Waals surface area contributed by atoms with Crippen LogP contribution >= 0.6 is 0 Å². The summed E-state index contributed by atoms with van der Waals surface area (Å²) in [6.07, 6.45) is 0.832. The first-order valence-electron chi connectivity index (χ1n) is 10.2. The Hall–Kier alpha value is -2.32. The van der Waals surface area contributed by atoms with Gasteiger partial charge in [-0.1, -0.05) is 20.8 Å². The summed E-state index contributed by atoms with van der Waals surface area (Å²) in [5, 5.41) is 12.6. The second kappa shape index (κ2) is 8.43. The van der Waals surface area contributed by atoms with Crippen LogP contribution in [0.3, 0.4) is 0 Å². The van der Waals surface area contributed by atoms with Gasteiger partial charge in [-0.3, -0.25) is 9.69 Å². The number of hydrogen-bond acceptors (Lipinski definition) is 4. The molecular weight excluding hydrogens is 390 g/mol. The van der Waals surface area contributed by atoms with Crippen molar-refractivity contribution in [1.82, 2.24) is 19.8 Å². The molecule has 2 atom stereocenters. The van der Waals surface area contributed by atoms with Gasteiger partial charge in [0.2, 0.25) is 0 Å². The highest BCUT2D eigenvalue weighted by Gasteiger charge is 2.31. The van der Waals surface area contributed by atoms with E-state index in [1.165, 1.54) is 6.07 Å². The molecule has 0 bridgehead atoms. The molecule has 1 aromatic carbocycles. The van der Waals surface area contributed by atoms with Gasteiger partial charge in [0.1, 0.15) is 5.82 Å². The molecule has 1 aliphatic rings. The van der Waals surface area contributed by atoms with E-state index in [4.69, 9.17) is 0 Å². The number of nitrogens with one attached hydrogen (secondary N) is 1. The summed E-state index contributed by atoms with van der Waals surface area (Å²) in [4.78, 5) is 19.8. The monoisotopic (exact) mass is 420 g/mol. The number of amides is 1. The number of hydrogen-bond donors (Lipinski definition) is 2. The molecule has 8 heteroatoms. The maximum Gasteiger partial charge on any atom is 0.272 e. The summed E-state index contributed by atoms with van der Waals surface area (Å²) in [7, 11) is 1.98. The van der Waals surface area contributed by atoms with E-state index in [1.807, 2.05) is 32.4 Å². The normalized spacial score (nSPS) is 18.6. The average Bonchev–Trinajstić information content (AvgIpc) is 2.96. The molecule has 1 aliphatic heterocycles. The number of rotatable bonds is 4. The number of fused-ring (bicyclic) bond motifs is 1. The standard InChI is InChI=1S/C22H30F2N4O2/c1-13-8-9-28-17(11-27(13)5)19(21(30)25-18(12-29)22(2,3)4)26-20(28)14-6-7-15(23)16(24)10-14/h6-7,10,13,18,29H,8-9,11-12H2,1-5H3,(H,25,30)/t13?,18-/m1/s1. The van der Waals surface area contributed by atoms with Crippen LogP contribution in [0.25, 0.3) is 11.4 Å². The van der Waals surface area contributed by atoms with E-state index in [0.717, 1.165) is 24.2 Å². The summed E-state index contributed by atoms with van der Waals surface area (Å²) in [5.41, 5.74) is 1.05. The van der Waals surface area contributed by atoms with E-state index >= 15 is 0 Å². The lowest BCUT2D eigenvalue weighted by molar-refractivity contribution is 0.0841. The van der Waals surface area contributed by atoms with E-state index < -0.39 is 17.7 Å². The van der Waals surface area contributed by atoms with Crippen LogP contribution in [0.1, 0.15) is 50.3 Å². The van der Waals surface area contributed by atoms with Gasteiger partial charge in [-0.25, -0.2) is 13.8 Å². The van der Waals surface area contributed by atoms with Gasteiger partial charge in [0.05, 0.1) is 18.3 Å². The summed E-state index contributed by atoms with van der Waals surface area (Å²) in [5.74, 6) is -1.83. The van der Waals surface area contributed by atoms with E-state index in [2.05, 4.69) is 22.1 Å². The van der Waals surface area contributed by atoms with Crippen molar-refractivity contribution in [3.8, 4) is 11.4 Å². The number of imidazole rings is 1. The van der Waals surface area contributed by atoms with Crippen molar-refractivity contribution in [3.63, 3.8) is 0 Å². The molecule has 0 radical (unpaired) electrons. The molecule has 30 heavy (non-hydrogen) atoms. The van der Waals surface area contributed by atoms with Gasteiger partial charge in [0.25, 0.3) is 5.91 Å². The summed E-state index contributed by atoms with van der Waals surface area (Å²) in [6, 6.07) is 3.49. The van der Waals surface area contributed by atoms with Crippen molar-refractivity contribution < 1.29 is 18.7 Å². The molecule has 1 aromatic heterocycles. The first-order chi connectivity index (χ1) is 14.0. The molecule has 6 nitrogen and oxygen atoms in total. The average molecular weight is 421 g/mol. The summed E-state index contributed by atoms with van der Waals surface area (Å²) in [6.45, 7) is 8.83. The molecule has 2 N–H and O–H groups in total. The summed E-state index contributed by atoms with van der Waals surface area (Å²) >= 11 is 0. The molecule has 1 unspecified atom stereocenters. The predicted molar refractivity (Wildman–Crippen MR) is 111 cm³/mol.